The Morgan fingerprint density at radius 2 is 1.75 bits per heavy atom. The van der Waals surface area contributed by atoms with Crippen molar-refractivity contribution < 1.29 is 37.6 Å². The molecule has 0 aromatic carbocycles. The molecule has 2 nitrogen and oxygen atoms in total. The van der Waals surface area contributed by atoms with Crippen LogP contribution in [0.1, 0.15) is 0 Å². The fraction of sp³-hybridized carbons (Fsp3) is 0. The zero-order chi connectivity index (χ0) is 2.71. The van der Waals surface area contributed by atoms with Crippen molar-refractivity contribution in [2.75, 3.05) is 0 Å². The molecule has 20 valence electrons. The summed E-state index contributed by atoms with van der Waals surface area (Å²) >= 11 is 0. The fourth-order valence-electron chi connectivity index (χ4n) is 0. The van der Waals surface area contributed by atoms with Gasteiger partial charge in [-0.05, 0) is 0 Å². The van der Waals surface area contributed by atoms with Gasteiger partial charge >= 0.3 is 0 Å². The molecule has 0 radical (unpaired) electrons. The van der Waals surface area contributed by atoms with Gasteiger partial charge in [-0.25, -0.2) is 0 Å². The molecule has 0 saturated heterocycles. The predicted molar refractivity (Wildman–Crippen MR) is 8.69 cm³/mol. The number of hydrogen-bond acceptors (Lipinski definition) is 1. The predicted octanol–water partition coefficient (Wildman–Crippen LogP) is -0.302. The van der Waals surface area contributed by atoms with Crippen molar-refractivity contribution in [3.05, 3.63) is 0 Å². The summed E-state index contributed by atoms with van der Waals surface area (Å²) in [5, 5.41) is 6.89. The summed E-state index contributed by atoms with van der Waals surface area (Å²) in [5.74, 6) is 0. The van der Waals surface area contributed by atoms with Gasteiger partial charge in [-0.2, -0.15) is 0 Å². The molecule has 0 rings (SSSR count). The third kappa shape index (κ3) is 28.9. The van der Waals surface area contributed by atoms with E-state index in [1.807, 2.05) is 0 Å². The summed E-state index contributed by atoms with van der Waals surface area (Å²) in [6.45, 7) is -0.250. The van der Waals surface area contributed by atoms with Crippen LogP contribution in [0, 0.1) is 0 Å². The minimum Gasteiger partial charge on any atom is -0.483 e. The third-order valence-corrected chi connectivity index (χ3v) is 0. The maximum absolute atomic E-state index is 8.36. The minimum atomic E-state index is -0.250. The van der Waals surface area contributed by atoms with E-state index in [1.165, 1.54) is 0 Å². The van der Waals surface area contributed by atoms with E-state index in [1.54, 1.807) is 0 Å². The fourth-order valence-corrected chi connectivity index (χ4v) is 0. The number of carboxylic acid groups (broad SMARTS) is 1. The Hall–Kier alpha value is 0.405. The standard InChI is InChI=1S/CH2O2.Hg/c2-1-3;/h1H,(H,2,3);. The normalized spacial score (nSPS) is 3.00. The molecule has 0 amide bonds. The quantitative estimate of drug-likeness (QED) is 0.471. The van der Waals surface area contributed by atoms with Gasteiger partial charge in [0.05, 0.1) is 0 Å². The van der Waals surface area contributed by atoms with Crippen LogP contribution in [0.5, 0.6) is 0 Å². The minimum absolute atomic E-state index is 0. The molecule has 3 heteroatoms. The Morgan fingerprint density at radius 1 is 1.75 bits per heavy atom. The van der Waals surface area contributed by atoms with Gasteiger partial charge in [-0.3, -0.25) is 4.79 Å². The molecule has 4 heavy (non-hydrogen) atoms. The molecule has 0 fully saturated rings. The van der Waals surface area contributed by atoms with Gasteiger partial charge in [0.15, 0.2) is 0 Å². The smallest absolute Gasteiger partial charge is 0.290 e. The topological polar surface area (TPSA) is 37.3 Å². The number of hydrogen-bond donors (Lipinski definition) is 1. The Balaban J connectivity index is 0. The first-order valence-electron chi connectivity index (χ1n) is 0.494. The molecule has 0 saturated carbocycles. The van der Waals surface area contributed by atoms with E-state index in [0.29, 0.717) is 0 Å². The Bertz CT molecular complexity index is 13.5. The maximum Gasteiger partial charge on any atom is 0.290 e. The van der Waals surface area contributed by atoms with Crippen LogP contribution >= 0.6 is 0 Å². The van der Waals surface area contributed by atoms with E-state index in [0.717, 1.165) is 0 Å². The summed E-state index contributed by atoms with van der Waals surface area (Å²) in [4.78, 5) is 8.36. The molecule has 0 spiro atoms. The van der Waals surface area contributed by atoms with Crippen molar-refractivity contribution in [2.24, 2.45) is 0 Å². The van der Waals surface area contributed by atoms with Crippen LogP contribution in [0.4, 0.5) is 0 Å². The molecule has 0 unspecified atom stereocenters. The second-order valence-corrected chi connectivity index (χ2v) is 0.105. The molecular formula is CH2HgO2. The van der Waals surface area contributed by atoms with Gasteiger partial charge < -0.3 is 5.11 Å². The molecule has 0 atom stereocenters. The average molecular weight is 247 g/mol. The maximum atomic E-state index is 8.36. The largest absolute Gasteiger partial charge is 0.483 e. The molecular weight excluding hydrogens is 245 g/mol. The zero-order valence-corrected chi connectivity index (χ0v) is 7.64. The van der Waals surface area contributed by atoms with Crippen LogP contribution in [-0.2, 0) is 32.5 Å². The SMILES string of the molecule is O=CO.[Hg]. The van der Waals surface area contributed by atoms with Crippen molar-refractivity contribution in [1.29, 1.82) is 0 Å². The van der Waals surface area contributed by atoms with E-state index < -0.39 is 0 Å². The molecule has 0 aromatic heterocycles. The first-order chi connectivity index (χ1) is 1.41. The van der Waals surface area contributed by atoms with Crippen molar-refractivity contribution in [3.63, 3.8) is 0 Å². The van der Waals surface area contributed by atoms with Gasteiger partial charge in [0.25, 0.3) is 6.47 Å². The molecule has 1 N–H and O–H groups in total. The Labute approximate surface area is 44.3 Å². The number of rotatable bonds is 0. The van der Waals surface area contributed by atoms with Crippen LogP contribution in [0.15, 0.2) is 0 Å². The second-order valence-electron chi connectivity index (χ2n) is 0.105. The summed E-state index contributed by atoms with van der Waals surface area (Å²) < 4.78 is 0. The monoisotopic (exact) mass is 248 g/mol. The van der Waals surface area contributed by atoms with Gasteiger partial charge in [0.2, 0.25) is 0 Å². The van der Waals surface area contributed by atoms with Crippen molar-refractivity contribution in [3.8, 4) is 0 Å². The third-order valence-electron chi connectivity index (χ3n) is 0. The number of carbonyl (C=O) groups is 1. The second kappa shape index (κ2) is 9.98. The summed E-state index contributed by atoms with van der Waals surface area (Å²) in [6.07, 6.45) is 0. The van der Waals surface area contributed by atoms with E-state index in [2.05, 4.69) is 0 Å². The van der Waals surface area contributed by atoms with Crippen LogP contribution in [-0.4, -0.2) is 11.6 Å². The zero-order valence-electron chi connectivity index (χ0n) is 2.14. The van der Waals surface area contributed by atoms with Crippen molar-refractivity contribution >= 4 is 6.47 Å². The summed E-state index contributed by atoms with van der Waals surface area (Å²) in [6, 6.07) is 0. The van der Waals surface area contributed by atoms with E-state index in [4.69, 9.17) is 9.90 Å². The van der Waals surface area contributed by atoms with Gasteiger partial charge in [0, 0.05) is 27.7 Å². The van der Waals surface area contributed by atoms with Crippen molar-refractivity contribution in [1.82, 2.24) is 0 Å². The van der Waals surface area contributed by atoms with E-state index in [-0.39, 0.29) is 34.1 Å². The molecule has 0 aliphatic heterocycles. The van der Waals surface area contributed by atoms with E-state index >= 15 is 0 Å². The molecule has 0 bridgehead atoms. The molecule has 0 aromatic rings. The van der Waals surface area contributed by atoms with Crippen LogP contribution in [0.2, 0.25) is 0 Å². The first-order valence-corrected chi connectivity index (χ1v) is 0.494. The van der Waals surface area contributed by atoms with E-state index in [9.17, 15) is 0 Å². The molecule has 0 aliphatic carbocycles. The molecule has 0 heterocycles. The van der Waals surface area contributed by atoms with Crippen LogP contribution in [0.25, 0.3) is 0 Å². The van der Waals surface area contributed by atoms with Gasteiger partial charge in [0.1, 0.15) is 0 Å². The Morgan fingerprint density at radius 3 is 1.75 bits per heavy atom. The Kier molecular flexibility index (Phi) is 22.0. The van der Waals surface area contributed by atoms with Crippen LogP contribution in [0.3, 0.4) is 0 Å². The van der Waals surface area contributed by atoms with Crippen LogP contribution < -0.4 is 0 Å². The first kappa shape index (κ1) is 8.83. The van der Waals surface area contributed by atoms with Gasteiger partial charge in [-0.15, -0.1) is 0 Å². The summed E-state index contributed by atoms with van der Waals surface area (Å²) in [7, 11) is 0. The average Bonchev–Trinajstić information content (AvgIpc) is 0.918. The van der Waals surface area contributed by atoms with Crippen molar-refractivity contribution in [2.45, 2.75) is 0 Å². The van der Waals surface area contributed by atoms with Gasteiger partial charge in [-0.1, -0.05) is 0 Å². The summed E-state index contributed by atoms with van der Waals surface area (Å²) in [5.41, 5.74) is 0. The molecule has 0 aliphatic rings.